The summed E-state index contributed by atoms with van der Waals surface area (Å²) in [5.41, 5.74) is 2.26. The van der Waals surface area contributed by atoms with E-state index in [-0.39, 0.29) is 25.4 Å². The van der Waals surface area contributed by atoms with E-state index in [0.29, 0.717) is 34.8 Å². The molecule has 2 aromatic heterocycles. The zero-order chi connectivity index (χ0) is 30.8. The highest BCUT2D eigenvalue weighted by molar-refractivity contribution is 7.90. The molecule has 13 heteroatoms. The van der Waals surface area contributed by atoms with E-state index >= 15 is 0 Å². The predicted octanol–water partition coefficient (Wildman–Crippen LogP) is 5.76. The van der Waals surface area contributed by atoms with Gasteiger partial charge in [-0.1, -0.05) is 36.2 Å². The Morgan fingerprint density at radius 3 is 2.42 bits per heavy atom. The van der Waals surface area contributed by atoms with Crippen molar-refractivity contribution in [2.45, 2.75) is 52.1 Å². The summed E-state index contributed by atoms with van der Waals surface area (Å²) >= 11 is -0.993. The van der Waals surface area contributed by atoms with Gasteiger partial charge in [0.05, 0.1) is 43.7 Å². The Hall–Kier alpha value is -3.45. The third-order valence-electron chi connectivity index (χ3n) is 7.19. The van der Waals surface area contributed by atoms with Crippen LogP contribution < -0.4 is 24.0 Å². The zero-order valence-corrected chi connectivity index (χ0v) is 25.5. The average Bonchev–Trinajstić information content (AvgIpc) is 3.48. The molecule has 4 rings (SSSR count). The minimum atomic E-state index is -4.80. The van der Waals surface area contributed by atoms with Gasteiger partial charge >= 0.3 is 6.36 Å². The summed E-state index contributed by atoms with van der Waals surface area (Å²) in [4.78, 5) is 18.0. The predicted molar refractivity (Wildman–Crippen MR) is 160 cm³/mol. The van der Waals surface area contributed by atoms with Crippen LogP contribution >= 0.6 is 0 Å². The Balaban J connectivity index is 1.65. The van der Waals surface area contributed by atoms with Gasteiger partial charge in [-0.2, -0.15) is 0 Å². The molecule has 0 aliphatic heterocycles. The fourth-order valence-corrected chi connectivity index (χ4v) is 5.48. The van der Waals surface area contributed by atoms with Gasteiger partial charge in [-0.3, -0.25) is 0 Å². The number of nitrogens with zero attached hydrogens (tertiary/aromatic N) is 5. The molecule has 0 radical (unpaired) electrons. The zero-order valence-electron chi connectivity index (χ0n) is 24.7. The smallest absolute Gasteiger partial charge is 0.573 e. The molecule has 0 amide bonds. The van der Waals surface area contributed by atoms with Crippen LogP contribution in [-0.4, -0.2) is 64.7 Å². The van der Waals surface area contributed by atoms with Crippen LogP contribution in [0, 0.1) is 5.92 Å². The average molecular weight is 622 g/mol. The largest absolute Gasteiger partial charge is 0.616 e. The van der Waals surface area contributed by atoms with Crippen LogP contribution in [0.15, 0.2) is 48.8 Å². The number of hydrogen-bond donors (Lipinski definition) is 0. The fourth-order valence-electron chi connectivity index (χ4n) is 5.16. The lowest BCUT2D eigenvalue weighted by molar-refractivity contribution is -0.274. The van der Waals surface area contributed by atoms with Gasteiger partial charge < -0.3 is 28.6 Å². The second-order valence-corrected chi connectivity index (χ2v) is 12.0. The van der Waals surface area contributed by atoms with Gasteiger partial charge in [0.1, 0.15) is 18.1 Å². The van der Waals surface area contributed by atoms with Crippen molar-refractivity contribution in [2.75, 3.05) is 48.6 Å². The molecule has 2 heterocycles. The van der Waals surface area contributed by atoms with Gasteiger partial charge in [0.2, 0.25) is 11.8 Å². The van der Waals surface area contributed by atoms with Crippen molar-refractivity contribution in [2.24, 2.45) is 5.92 Å². The lowest BCUT2D eigenvalue weighted by Gasteiger charge is -2.30. The molecule has 1 atom stereocenters. The summed E-state index contributed by atoms with van der Waals surface area (Å²) < 4.78 is 65.4. The van der Waals surface area contributed by atoms with Crippen molar-refractivity contribution in [1.29, 1.82) is 0 Å². The standard InChI is InChI=1S/C30H38F3N5O4S/c1-4-37(19-22-8-5-6-9-22)27-12-13-28(40-2)36-26(27)21-38(20-23-10-7-11-24(16-23)42-30(31,32)33)29-34-17-25(18-35-29)41-14-15-43(3)39/h7,10-13,16-18,22H,4-6,8-9,14-15,19-21H2,1-3H3. The molecular weight excluding hydrogens is 583 g/mol. The molecule has 1 unspecified atom stereocenters. The van der Waals surface area contributed by atoms with E-state index in [1.165, 1.54) is 56.3 Å². The maximum atomic E-state index is 12.9. The summed E-state index contributed by atoms with van der Waals surface area (Å²) in [6.45, 7) is 4.51. The third-order valence-corrected chi connectivity index (χ3v) is 7.93. The number of anilines is 2. The van der Waals surface area contributed by atoms with Crippen LogP contribution in [0.2, 0.25) is 0 Å². The molecule has 1 aromatic carbocycles. The van der Waals surface area contributed by atoms with Gasteiger partial charge in [0.15, 0.2) is 5.75 Å². The van der Waals surface area contributed by atoms with Crippen molar-refractivity contribution in [3.05, 3.63) is 60.0 Å². The first-order valence-corrected chi connectivity index (χ1v) is 16.0. The van der Waals surface area contributed by atoms with Crippen LogP contribution in [0.4, 0.5) is 24.8 Å². The highest BCUT2D eigenvalue weighted by Gasteiger charge is 2.31. The molecule has 0 saturated heterocycles. The maximum absolute atomic E-state index is 12.9. The second kappa shape index (κ2) is 15.3. The van der Waals surface area contributed by atoms with E-state index < -0.39 is 17.5 Å². The van der Waals surface area contributed by atoms with Crippen molar-refractivity contribution < 1.29 is 31.9 Å². The van der Waals surface area contributed by atoms with E-state index in [1.807, 2.05) is 17.0 Å². The highest BCUT2D eigenvalue weighted by atomic mass is 32.2. The number of aromatic nitrogens is 3. The summed E-state index contributed by atoms with van der Waals surface area (Å²) in [6.07, 6.45) is 4.74. The third kappa shape index (κ3) is 10.1. The van der Waals surface area contributed by atoms with Crippen LogP contribution in [0.1, 0.15) is 43.9 Å². The summed E-state index contributed by atoms with van der Waals surface area (Å²) in [7, 11) is 1.56. The molecule has 3 aromatic rings. The molecule has 0 N–H and O–H groups in total. The topological polar surface area (TPSA) is 95.9 Å². The highest BCUT2D eigenvalue weighted by Crippen LogP contribution is 2.31. The summed E-state index contributed by atoms with van der Waals surface area (Å²) in [5.74, 6) is 1.89. The second-order valence-electron chi connectivity index (χ2n) is 10.4. The molecule has 0 spiro atoms. The minimum absolute atomic E-state index is 0.178. The van der Waals surface area contributed by atoms with Crippen LogP contribution in [-0.2, 0) is 24.3 Å². The number of pyridine rings is 1. The van der Waals surface area contributed by atoms with Gasteiger partial charge in [-0.15, -0.1) is 13.2 Å². The number of rotatable bonds is 15. The molecule has 1 aliphatic carbocycles. The van der Waals surface area contributed by atoms with Gasteiger partial charge in [-0.05, 0) is 49.4 Å². The quantitative estimate of drug-likeness (QED) is 0.196. The van der Waals surface area contributed by atoms with Crippen molar-refractivity contribution in [3.8, 4) is 17.4 Å². The molecule has 1 fully saturated rings. The first-order chi connectivity index (χ1) is 20.6. The molecule has 234 valence electrons. The minimum Gasteiger partial charge on any atom is -0.616 e. The Morgan fingerprint density at radius 2 is 1.77 bits per heavy atom. The van der Waals surface area contributed by atoms with Crippen LogP contribution in [0.25, 0.3) is 0 Å². The fraction of sp³-hybridized carbons (Fsp3) is 0.500. The first-order valence-electron chi connectivity index (χ1n) is 14.3. The van der Waals surface area contributed by atoms with E-state index in [4.69, 9.17) is 14.5 Å². The number of hydrogen-bond acceptors (Lipinski definition) is 9. The van der Waals surface area contributed by atoms with E-state index in [2.05, 4.69) is 26.5 Å². The Morgan fingerprint density at radius 1 is 1.02 bits per heavy atom. The number of methoxy groups -OCH3 is 1. The normalized spacial score (nSPS) is 14.4. The maximum Gasteiger partial charge on any atom is 0.573 e. The van der Waals surface area contributed by atoms with E-state index in [0.717, 1.165) is 24.5 Å². The number of alkyl halides is 3. The van der Waals surface area contributed by atoms with Crippen molar-refractivity contribution >= 4 is 22.8 Å². The van der Waals surface area contributed by atoms with Gasteiger partial charge in [0, 0.05) is 25.7 Å². The van der Waals surface area contributed by atoms with E-state index in [9.17, 15) is 17.7 Å². The lowest BCUT2D eigenvalue weighted by atomic mass is 10.1. The van der Waals surface area contributed by atoms with Crippen molar-refractivity contribution in [3.63, 3.8) is 0 Å². The number of benzene rings is 1. The lowest BCUT2D eigenvalue weighted by Crippen LogP contribution is -2.31. The summed E-state index contributed by atoms with van der Waals surface area (Å²) in [6, 6.07) is 9.68. The number of halogens is 3. The Kier molecular flexibility index (Phi) is 11.6. The number of ether oxygens (including phenoxy) is 3. The van der Waals surface area contributed by atoms with Gasteiger partial charge in [-0.25, -0.2) is 15.0 Å². The van der Waals surface area contributed by atoms with Crippen LogP contribution in [0.5, 0.6) is 17.4 Å². The Bertz CT molecular complexity index is 1290. The molecule has 0 bridgehead atoms. The monoisotopic (exact) mass is 621 g/mol. The van der Waals surface area contributed by atoms with E-state index in [1.54, 1.807) is 19.4 Å². The molecule has 1 saturated carbocycles. The van der Waals surface area contributed by atoms with Crippen LogP contribution in [0.3, 0.4) is 0 Å². The Labute approximate surface area is 253 Å². The van der Waals surface area contributed by atoms with Crippen molar-refractivity contribution in [1.82, 2.24) is 15.0 Å². The molecule has 9 nitrogen and oxygen atoms in total. The molecular formula is C30H38F3N5O4S. The molecule has 1 aliphatic rings. The SMILES string of the molecule is CCN(CC1CCCC1)c1ccc(OC)nc1CN(Cc1cccc(OC(F)(F)F)c1)c1ncc(OCC[S+](C)[O-])cn1. The first kappa shape index (κ1) is 32.5. The van der Waals surface area contributed by atoms with Gasteiger partial charge in [0.25, 0.3) is 0 Å². The molecule has 43 heavy (non-hydrogen) atoms. The summed E-state index contributed by atoms with van der Waals surface area (Å²) in [5, 5.41) is 0.